The molecule has 1 heterocycles. The van der Waals surface area contributed by atoms with E-state index in [1.807, 2.05) is 54.9 Å². The molecule has 1 N–H and O–H groups in total. The second-order valence-corrected chi connectivity index (χ2v) is 9.47. The Kier molecular flexibility index (Phi) is 6.15. The van der Waals surface area contributed by atoms with Crippen molar-refractivity contribution in [3.05, 3.63) is 102 Å². The maximum absolute atomic E-state index is 13.8. The Hall–Kier alpha value is -3.00. The van der Waals surface area contributed by atoms with E-state index in [0.717, 1.165) is 27.6 Å². The molecule has 0 bridgehead atoms. The molecule has 0 aliphatic heterocycles. The van der Waals surface area contributed by atoms with Crippen LogP contribution in [0.25, 0.3) is 10.9 Å². The number of hydrogen-bond acceptors (Lipinski definition) is 4. The summed E-state index contributed by atoms with van der Waals surface area (Å²) >= 11 is 0. The number of fused-ring (bicyclic) bond motifs is 1. The molecular formula is C25H24FNO4S. The van der Waals surface area contributed by atoms with E-state index in [-0.39, 0.29) is 10.7 Å². The van der Waals surface area contributed by atoms with Gasteiger partial charge in [-0.15, -0.1) is 0 Å². The number of aliphatic hydroxyl groups is 1. The summed E-state index contributed by atoms with van der Waals surface area (Å²) < 4.78 is 46.1. The number of aliphatic hydroxyl groups excluding tert-OH is 1. The maximum Gasteiger partial charge on any atom is 0.297 e. The summed E-state index contributed by atoms with van der Waals surface area (Å²) in [6, 6.07) is 19.4. The quantitative estimate of drug-likeness (QED) is 0.410. The van der Waals surface area contributed by atoms with Gasteiger partial charge in [0.05, 0.1) is 17.5 Å². The van der Waals surface area contributed by atoms with Crippen molar-refractivity contribution in [3.63, 3.8) is 0 Å². The number of halogens is 1. The van der Waals surface area contributed by atoms with E-state index in [1.54, 1.807) is 18.2 Å². The summed E-state index contributed by atoms with van der Waals surface area (Å²) in [5.41, 5.74) is 3.29. The van der Waals surface area contributed by atoms with Crippen LogP contribution < -0.4 is 0 Å². The first-order valence-electron chi connectivity index (χ1n) is 10.2. The Morgan fingerprint density at radius 2 is 1.69 bits per heavy atom. The molecule has 0 spiro atoms. The molecule has 4 rings (SSSR count). The van der Waals surface area contributed by atoms with Gasteiger partial charge >= 0.3 is 0 Å². The van der Waals surface area contributed by atoms with Crippen LogP contribution in [0, 0.1) is 19.7 Å². The minimum absolute atomic E-state index is 0.0318. The molecular weight excluding hydrogens is 429 g/mol. The standard InChI is InChI=1S/C25H24FNO4S/c1-17-8-11-21(12-9-17)32(29,30)31-16-24(28)25(19-6-4-3-5-7-19)27-15-18(2)22-14-20(26)10-13-23(22)27/h3-15,24-25,28H,16H2,1-2H3. The van der Waals surface area contributed by atoms with Gasteiger partial charge in [0.15, 0.2) is 0 Å². The Balaban J connectivity index is 1.68. The first kappa shape index (κ1) is 22.2. The molecule has 3 aromatic carbocycles. The summed E-state index contributed by atoms with van der Waals surface area (Å²) in [5.74, 6) is -0.345. The van der Waals surface area contributed by atoms with E-state index in [9.17, 15) is 17.9 Å². The van der Waals surface area contributed by atoms with Gasteiger partial charge in [-0.2, -0.15) is 8.42 Å². The van der Waals surface area contributed by atoms with Crippen molar-refractivity contribution in [3.8, 4) is 0 Å². The molecule has 2 atom stereocenters. The predicted molar refractivity (Wildman–Crippen MR) is 122 cm³/mol. The molecule has 0 aliphatic carbocycles. The number of hydrogen-bond donors (Lipinski definition) is 1. The van der Waals surface area contributed by atoms with Crippen molar-refractivity contribution >= 4 is 21.0 Å². The Labute approximate surface area is 186 Å². The third-order valence-corrected chi connectivity index (χ3v) is 6.80. The van der Waals surface area contributed by atoms with E-state index in [2.05, 4.69) is 0 Å². The largest absolute Gasteiger partial charge is 0.388 e. The zero-order chi connectivity index (χ0) is 22.9. The monoisotopic (exact) mass is 453 g/mol. The highest BCUT2D eigenvalue weighted by Crippen LogP contribution is 2.31. The van der Waals surface area contributed by atoms with Gasteiger partial charge in [-0.3, -0.25) is 4.18 Å². The highest BCUT2D eigenvalue weighted by Gasteiger charge is 2.27. The van der Waals surface area contributed by atoms with E-state index < -0.39 is 28.9 Å². The van der Waals surface area contributed by atoms with Crippen LogP contribution in [-0.2, 0) is 14.3 Å². The van der Waals surface area contributed by atoms with E-state index in [0.29, 0.717) is 0 Å². The molecule has 0 aliphatic rings. The minimum atomic E-state index is -4.03. The zero-order valence-corrected chi connectivity index (χ0v) is 18.6. The Morgan fingerprint density at radius 1 is 1.00 bits per heavy atom. The van der Waals surface area contributed by atoms with Crippen LogP contribution in [-0.4, -0.2) is 30.8 Å². The first-order valence-corrected chi connectivity index (χ1v) is 11.6. The van der Waals surface area contributed by atoms with Gasteiger partial charge < -0.3 is 9.67 Å². The molecule has 2 unspecified atom stereocenters. The summed E-state index contributed by atoms with van der Waals surface area (Å²) in [5, 5.41) is 11.8. The fraction of sp³-hybridized carbons (Fsp3) is 0.200. The van der Waals surface area contributed by atoms with Crippen LogP contribution in [0.4, 0.5) is 4.39 Å². The lowest BCUT2D eigenvalue weighted by Crippen LogP contribution is -2.30. The summed E-state index contributed by atoms with van der Waals surface area (Å²) in [4.78, 5) is 0.0318. The van der Waals surface area contributed by atoms with Gasteiger partial charge in [-0.25, -0.2) is 4.39 Å². The molecule has 5 nitrogen and oxygen atoms in total. The first-order chi connectivity index (χ1) is 15.3. The molecule has 0 saturated carbocycles. The normalized spacial score (nSPS) is 13.9. The SMILES string of the molecule is Cc1ccc(S(=O)(=O)OCC(O)C(c2ccccc2)n2cc(C)c3cc(F)ccc32)cc1. The van der Waals surface area contributed by atoms with Crippen molar-refractivity contribution in [1.82, 2.24) is 4.57 Å². The number of benzene rings is 3. The van der Waals surface area contributed by atoms with E-state index in [1.165, 1.54) is 24.3 Å². The summed E-state index contributed by atoms with van der Waals surface area (Å²) in [7, 11) is -4.03. The average Bonchev–Trinajstić information content (AvgIpc) is 3.09. The lowest BCUT2D eigenvalue weighted by Gasteiger charge is -2.26. The van der Waals surface area contributed by atoms with Crippen LogP contribution >= 0.6 is 0 Å². The fourth-order valence-electron chi connectivity index (χ4n) is 3.87. The third kappa shape index (κ3) is 4.46. The molecule has 1 aromatic heterocycles. The van der Waals surface area contributed by atoms with Gasteiger partial charge in [-0.1, -0.05) is 48.0 Å². The second-order valence-electron chi connectivity index (χ2n) is 7.86. The maximum atomic E-state index is 13.8. The van der Waals surface area contributed by atoms with E-state index in [4.69, 9.17) is 4.18 Å². The summed E-state index contributed by atoms with van der Waals surface area (Å²) in [6.07, 6.45) is 0.650. The molecule has 0 amide bonds. The second kappa shape index (κ2) is 8.86. The highest BCUT2D eigenvalue weighted by atomic mass is 32.2. The van der Waals surface area contributed by atoms with Gasteiger partial charge in [0.1, 0.15) is 11.9 Å². The number of rotatable bonds is 7. The predicted octanol–water partition coefficient (Wildman–Crippen LogP) is 4.75. The van der Waals surface area contributed by atoms with Crippen LogP contribution in [0.3, 0.4) is 0 Å². The highest BCUT2D eigenvalue weighted by molar-refractivity contribution is 7.86. The average molecular weight is 454 g/mol. The summed E-state index contributed by atoms with van der Waals surface area (Å²) in [6.45, 7) is 3.29. The lowest BCUT2D eigenvalue weighted by atomic mass is 10.0. The minimum Gasteiger partial charge on any atom is -0.388 e. The van der Waals surface area contributed by atoms with Crippen molar-refractivity contribution in [2.45, 2.75) is 30.9 Å². The van der Waals surface area contributed by atoms with Gasteiger partial charge in [0.25, 0.3) is 10.1 Å². The van der Waals surface area contributed by atoms with Crippen LogP contribution in [0.2, 0.25) is 0 Å². The van der Waals surface area contributed by atoms with Crippen LogP contribution in [0.5, 0.6) is 0 Å². The van der Waals surface area contributed by atoms with Crippen molar-refractivity contribution in [2.24, 2.45) is 0 Å². The number of aromatic nitrogens is 1. The van der Waals surface area contributed by atoms with Gasteiger partial charge in [0.2, 0.25) is 0 Å². The topological polar surface area (TPSA) is 68.5 Å². The molecule has 0 fully saturated rings. The Morgan fingerprint density at radius 3 is 2.38 bits per heavy atom. The molecule has 32 heavy (non-hydrogen) atoms. The molecule has 7 heteroatoms. The van der Waals surface area contributed by atoms with Crippen LogP contribution in [0.1, 0.15) is 22.7 Å². The smallest absolute Gasteiger partial charge is 0.297 e. The molecule has 166 valence electrons. The van der Waals surface area contributed by atoms with Crippen LogP contribution in [0.15, 0.2) is 83.9 Å². The molecule has 4 aromatic rings. The lowest BCUT2D eigenvalue weighted by molar-refractivity contribution is 0.0785. The van der Waals surface area contributed by atoms with Gasteiger partial charge in [0, 0.05) is 17.1 Å². The molecule has 0 saturated heterocycles. The van der Waals surface area contributed by atoms with Crippen molar-refractivity contribution < 1.29 is 22.1 Å². The Bertz CT molecular complexity index is 1330. The zero-order valence-electron chi connectivity index (χ0n) is 17.8. The molecule has 0 radical (unpaired) electrons. The number of aryl methyl sites for hydroxylation is 2. The van der Waals surface area contributed by atoms with Crippen molar-refractivity contribution in [1.29, 1.82) is 0 Å². The van der Waals surface area contributed by atoms with Gasteiger partial charge in [-0.05, 0) is 55.3 Å². The number of nitrogens with zero attached hydrogens (tertiary/aromatic N) is 1. The van der Waals surface area contributed by atoms with E-state index >= 15 is 0 Å². The fourth-order valence-corrected chi connectivity index (χ4v) is 4.79. The van der Waals surface area contributed by atoms with Crippen molar-refractivity contribution in [2.75, 3.05) is 6.61 Å². The third-order valence-electron chi connectivity index (χ3n) is 5.50.